The first-order valence-electron chi connectivity index (χ1n) is 9.14. The zero-order valence-corrected chi connectivity index (χ0v) is 13.8. The highest BCUT2D eigenvalue weighted by Crippen LogP contribution is 2.66. The molecule has 2 aliphatic heterocycles. The second-order valence-electron chi connectivity index (χ2n) is 7.76. The summed E-state index contributed by atoms with van der Waals surface area (Å²) in [6.45, 7) is 0. The molecule has 1 spiro atoms. The van der Waals surface area contributed by atoms with Crippen LogP contribution in [0.25, 0.3) is 5.69 Å². The Bertz CT molecular complexity index is 1070. The monoisotopic (exact) mass is 333 g/mol. The molecule has 0 unspecified atom stereocenters. The van der Waals surface area contributed by atoms with Gasteiger partial charge in [-0.05, 0) is 31.4 Å². The van der Waals surface area contributed by atoms with Gasteiger partial charge in [0.2, 0.25) is 0 Å². The maximum absolute atomic E-state index is 13.2. The highest BCUT2D eigenvalue weighted by atomic mass is 16.2. The van der Waals surface area contributed by atoms with Crippen LogP contribution >= 0.6 is 0 Å². The number of hydrogen-bond donors (Lipinski definition) is 0. The van der Waals surface area contributed by atoms with Gasteiger partial charge >= 0.3 is 11.4 Å². The Morgan fingerprint density at radius 2 is 1.76 bits per heavy atom. The van der Waals surface area contributed by atoms with Gasteiger partial charge in [0, 0.05) is 11.3 Å². The summed E-state index contributed by atoms with van der Waals surface area (Å²) in [5.41, 5.74) is 1.76. The van der Waals surface area contributed by atoms with Crippen molar-refractivity contribution in [3.8, 4) is 5.69 Å². The average molecular weight is 333 g/mol. The van der Waals surface area contributed by atoms with E-state index in [1.165, 1.54) is 23.0 Å². The van der Waals surface area contributed by atoms with Crippen molar-refractivity contribution < 1.29 is 0 Å². The van der Waals surface area contributed by atoms with Crippen molar-refractivity contribution in [1.82, 2.24) is 13.9 Å². The van der Waals surface area contributed by atoms with Crippen LogP contribution in [0, 0.1) is 11.3 Å². The smallest absolute Gasteiger partial charge is 0.245 e. The highest BCUT2D eigenvalue weighted by molar-refractivity contribution is 5.41. The van der Waals surface area contributed by atoms with Gasteiger partial charge in [-0.3, -0.25) is 0 Å². The molecule has 3 aliphatic carbocycles. The summed E-state index contributed by atoms with van der Waals surface area (Å²) >= 11 is 0. The maximum atomic E-state index is 13.2. The van der Waals surface area contributed by atoms with E-state index in [1.807, 2.05) is 30.3 Å². The van der Waals surface area contributed by atoms with Crippen LogP contribution in [0.3, 0.4) is 0 Å². The largest absolute Gasteiger partial charge is 0.352 e. The first-order chi connectivity index (χ1) is 12.2. The second-order valence-corrected chi connectivity index (χ2v) is 7.76. The van der Waals surface area contributed by atoms with Gasteiger partial charge in [-0.25, -0.2) is 23.5 Å². The zero-order chi connectivity index (χ0) is 16.8. The first kappa shape index (κ1) is 13.7. The van der Waals surface area contributed by atoms with Gasteiger partial charge in [0.15, 0.2) is 0 Å². The molecule has 4 bridgehead atoms. The molecule has 0 N–H and O–H groups in total. The Morgan fingerprint density at radius 3 is 2.60 bits per heavy atom. The Labute approximate surface area is 144 Å². The molecule has 0 fully saturated rings. The van der Waals surface area contributed by atoms with Crippen molar-refractivity contribution in [3.63, 3.8) is 0 Å². The molecule has 5 aliphatic rings. The fourth-order valence-electron chi connectivity index (χ4n) is 5.78. The lowest BCUT2D eigenvalue weighted by Gasteiger charge is -2.59. The number of benzene rings is 1. The van der Waals surface area contributed by atoms with E-state index in [0.717, 1.165) is 12.8 Å². The molecule has 25 heavy (non-hydrogen) atoms. The zero-order valence-electron chi connectivity index (χ0n) is 13.8. The normalized spacial score (nSPS) is 33.9. The molecular weight excluding hydrogens is 314 g/mol. The topological polar surface area (TPSA) is 48.9 Å². The van der Waals surface area contributed by atoms with Gasteiger partial charge in [0.1, 0.15) is 0 Å². The van der Waals surface area contributed by atoms with E-state index in [1.54, 1.807) is 9.36 Å². The summed E-state index contributed by atoms with van der Waals surface area (Å²) < 4.78 is 4.78. The van der Waals surface area contributed by atoms with Crippen LogP contribution in [0.1, 0.15) is 37.8 Å². The molecule has 5 heteroatoms. The summed E-state index contributed by atoms with van der Waals surface area (Å²) in [6.07, 6.45) is 11.4. The Kier molecular flexibility index (Phi) is 2.38. The maximum Gasteiger partial charge on any atom is 0.352 e. The SMILES string of the molecule is O=c1n(-c2ccccc2)c(=O)n2n1[C@H]1C=C[C@H]2[C@H]2C3=C[C@]21CCCC3. The third-order valence-corrected chi connectivity index (χ3v) is 6.71. The summed E-state index contributed by atoms with van der Waals surface area (Å²) in [4.78, 5) is 26.4. The Balaban J connectivity index is 1.63. The van der Waals surface area contributed by atoms with Crippen molar-refractivity contribution in [3.05, 3.63) is 75.1 Å². The molecule has 126 valence electrons. The third-order valence-electron chi connectivity index (χ3n) is 6.71. The van der Waals surface area contributed by atoms with E-state index >= 15 is 0 Å². The summed E-state index contributed by atoms with van der Waals surface area (Å²) in [7, 11) is 0. The molecule has 4 atom stereocenters. The standard InChI is InChI=1S/C20H19N3O2/c24-18-21(14-7-2-1-3-8-14)19(25)23-16-10-9-15(22(18)23)17-13-6-4-5-11-20(16,17)12-13/h1-3,7-10,12,15-17H,4-6,11H2/t15-,16-,17+,20-/m0/s1. The summed E-state index contributed by atoms with van der Waals surface area (Å²) in [5.74, 6) is 0.397. The van der Waals surface area contributed by atoms with Crippen LogP contribution in [0.15, 0.2) is 63.7 Å². The molecule has 1 aromatic heterocycles. The van der Waals surface area contributed by atoms with Gasteiger partial charge < -0.3 is 0 Å². The molecule has 0 saturated carbocycles. The van der Waals surface area contributed by atoms with Gasteiger partial charge in [-0.15, -0.1) is 0 Å². The molecule has 2 aromatic rings. The fourth-order valence-corrected chi connectivity index (χ4v) is 5.78. The minimum Gasteiger partial charge on any atom is -0.245 e. The van der Waals surface area contributed by atoms with Crippen LogP contribution in [-0.4, -0.2) is 13.9 Å². The van der Waals surface area contributed by atoms with Crippen LogP contribution in [-0.2, 0) is 0 Å². The predicted octanol–water partition coefficient (Wildman–Crippen LogP) is 2.58. The lowest BCUT2D eigenvalue weighted by atomic mass is 9.52. The minimum atomic E-state index is -0.213. The van der Waals surface area contributed by atoms with E-state index in [-0.39, 0.29) is 28.9 Å². The lowest BCUT2D eigenvalue weighted by molar-refractivity contribution is 0.0251. The quantitative estimate of drug-likeness (QED) is 0.753. The van der Waals surface area contributed by atoms with Crippen molar-refractivity contribution in [2.75, 3.05) is 0 Å². The molecule has 3 heterocycles. The van der Waals surface area contributed by atoms with Crippen LogP contribution in [0.4, 0.5) is 0 Å². The number of allylic oxidation sites excluding steroid dienone is 4. The molecular formula is C20H19N3O2. The van der Waals surface area contributed by atoms with Crippen LogP contribution < -0.4 is 11.4 Å². The Hall–Kier alpha value is -2.56. The number of hydrogen-bond acceptors (Lipinski definition) is 2. The van der Waals surface area contributed by atoms with Crippen LogP contribution in [0.2, 0.25) is 0 Å². The van der Waals surface area contributed by atoms with E-state index in [2.05, 4.69) is 18.2 Å². The average Bonchev–Trinajstić information content (AvgIpc) is 2.81. The van der Waals surface area contributed by atoms with Crippen molar-refractivity contribution in [2.24, 2.45) is 11.3 Å². The highest BCUT2D eigenvalue weighted by Gasteiger charge is 2.61. The number of para-hydroxylation sites is 1. The van der Waals surface area contributed by atoms with Gasteiger partial charge in [0.05, 0.1) is 17.8 Å². The number of nitrogens with zero attached hydrogens (tertiary/aromatic N) is 3. The minimum absolute atomic E-state index is 0.0201. The fraction of sp³-hybridized carbons (Fsp3) is 0.400. The predicted molar refractivity (Wildman–Crippen MR) is 94.0 cm³/mol. The van der Waals surface area contributed by atoms with Crippen molar-refractivity contribution in [1.29, 1.82) is 0 Å². The molecule has 0 saturated heterocycles. The van der Waals surface area contributed by atoms with Gasteiger partial charge in [-0.2, -0.15) is 0 Å². The first-order valence-corrected chi connectivity index (χ1v) is 9.14. The van der Waals surface area contributed by atoms with Crippen LogP contribution in [0.5, 0.6) is 0 Å². The van der Waals surface area contributed by atoms with E-state index in [9.17, 15) is 9.59 Å². The van der Waals surface area contributed by atoms with E-state index in [0.29, 0.717) is 11.6 Å². The van der Waals surface area contributed by atoms with Gasteiger partial charge in [0.25, 0.3) is 0 Å². The summed E-state index contributed by atoms with van der Waals surface area (Å²) in [6, 6.07) is 9.20. The molecule has 0 radical (unpaired) electrons. The third kappa shape index (κ3) is 1.42. The molecule has 7 rings (SSSR count). The lowest BCUT2D eigenvalue weighted by Crippen LogP contribution is -2.58. The van der Waals surface area contributed by atoms with E-state index < -0.39 is 0 Å². The van der Waals surface area contributed by atoms with Crippen molar-refractivity contribution >= 4 is 0 Å². The van der Waals surface area contributed by atoms with Gasteiger partial charge in [-0.1, -0.05) is 48.4 Å². The molecule has 0 amide bonds. The molecule has 5 nitrogen and oxygen atoms in total. The number of aromatic nitrogens is 3. The van der Waals surface area contributed by atoms with Crippen molar-refractivity contribution in [2.45, 2.75) is 37.8 Å². The number of rotatable bonds is 1. The Morgan fingerprint density at radius 1 is 0.960 bits per heavy atom. The summed E-state index contributed by atoms with van der Waals surface area (Å²) in [5, 5.41) is 0. The van der Waals surface area contributed by atoms with E-state index in [4.69, 9.17) is 0 Å². The second kappa shape index (κ2) is 4.34. The molecule has 1 aromatic carbocycles.